The molecule has 9 heteroatoms. The summed E-state index contributed by atoms with van der Waals surface area (Å²) >= 11 is 0. The van der Waals surface area contributed by atoms with E-state index in [-0.39, 0.29) is 30.2 Å². The maximum Gasteiger partial charge on any atom is 0.306 e. The molecule has 3 N–H and O–H groups in total. The normalized spacial score (nSPS) is 27.9. The van der Waals surface area contributed by atoms with E-state index >= 15 is 0 Å². The van der Waals surface area contributed by atoms with Crippen LogP contribution in [0.5, 0.6) is 0 Å². The molecule has 0 saturated carbocycles. The van der Waals surface area contributed by atoms with Gasteiger partial charge in [-0.1, -0.05) is 44.2 Å². The van der Waals surface area contributed by atoms with E-state index in [2.05, 4.69) is 22.1 Å². The van der Waals surface area contributed by atoms with Crippen molar-refractivity contribution in [1.29, 1.82) is 0 Å². The quantitative estimate of drug-likeness (QED) is 0.498. The molecule has 4 bridgehead atoms. The van der Waals surface area contributed by atoms with Gasteiger partial charge >= 0.3 is 5.97 Å². The Morgan fingerprint density at radius 2 is 1.73 bits per heavy atom. The van der Waals surface area contributed by atoms with Crippen molar-refractivity contribution in [3.63, 3.8) is 0 Å². The second-order valence-electron chi connectivity index (χ2n) is 10.2. The summed E-state index contributed by atoms with van der Waals surface area (Å²) in [6.45, 7) is 7.54. The van der Waals surface area contributed by atoms with Gasteiger partial charge in [0.25, 0.3) is 11.8 Å². The number of nitrogens with one attached hydrogen (secondary N) is 3. The number of carbonyl (C=O) groups is 4. The molecule has 0 unspecified atom stereocenters. The van der Waals surface area contributed by atoms with Gasteiger partial charge in [-0.15, -0.1) is 0 Å². The van der Waals surface area contributed by atoms with E-state index in [0.29, 0.717) is 25.8 Å². The zero-order valence-electron chi connectivity index (χ0n) is 22.3. The van der Waals surface area contributed by atoms with Crippen molar-refractivity contribution in [2.75, 3.05) is 6.54 Å². The molecule has 3 rings (SSSR count). The van der Waals surface area contributed by atoms with Crippen molar-refractivity contribution in [2.24, 2.45) is 5.92 Å². The summed E-state index contributed by atoms with van der Waals surface area (Å²) in [5, 5.41) is 7.14. The van der Waals surface area contributed by atoms with Crippen LogP contribution in [0.4, 0.5) is 0 Å². The summed E-state index contributed by atoms with van der Waals surface area (Å²) in [4.78, 5) is 51.4. The van der Waals surface area contributed by atoms with Crippen LogP contribution >= 0.6 is 0 Å². The molecule has 2 heterocycles. The van der Waals surface area contributed by atoms with Gasteiger partial charge in [0.1, 0.15) is 12.1 Å². The van der Waals surface area contributed by atoms with E-state index in [9.17, 15) is 19.2 Å². The molecule has 3 amide bonds. The number of cyclic esters (lactones) is 1. The fourth-order valence-corrected chi connectivity index (χ4v) is 4.50. The van der Waals surface area contributed by atoms with Crippen LogP contribution < -0.4 is 16.1 Å². The Kier molecular flexibility index (Phi) is 10.3. The van der Waals surface area contributed by atoms with E-state index in [4.69, 9.17) is 4.74 Å². The van der Waals surface area contributed by atoms with Crippen LogP contribution in [0.1, 0.15) is 83.4 Å². The summed E-state index contributed by atoms with van der Waals surface area (Å²) in [6.07, 6.45) is 6.86. The molecule has 37 heavy (non-hydrogen) atoms. The van der Waals surface area contributed by atoms with E-state index in [0.717, 1.165) is 24.0 Å². The molecule has 2 aliphatic rings. The average Bonchev–Trinajstić information content (AvgIpc) is 2.88. The third-order valence-corrected chi connectivity index (χ3v) is 6.70. The molecule has 0 aromatic heterocycles. The molecule has 1 aromatic rings. The molecule has 0 radical (unpaired) electrons. The lowest BCUT2D eigenvalue weighted by molar-refractivity contribution is -0.159. The highest BCUT2D eigenvalue weighted by Crippen LogP contribution is 2.18. The van der Waals surface area contributed by atoms with Crippen LogP contribution in [0.3, 0.4) is 0 Å². The van der Waals surface area contributed by atoms with Crippen LogP contribution in [-0.4, -0.2) is 53.4 Å². The molecule has 4 atom stereocenters. The molecule has 9 nitrogen and oxygen atoms in total. The highest BCUT2D eigenvalue weighted by atomic mass is 16.5. The zero-order chi connectivity index (χ0) is 26.9. The topological polar surface area (TPSA) is 117 Å². The molecule has 2 aliphatic heterocycles. The number of allylic oxidation sites excluding steroid dienone is 1. The first-order chi connectivity index (χ1) is 17.7. The number of hydrogen-bond acceptors (Lipinski definition) is 6. The number of hydrazine groups is 1. The van der Waals surface area contributed by atoms with Gasteiger partial charge in [0.15, 0.2) is 6.10 Å². The van der Waals surface area contributed by atoms with Gasteiger partial charge in [0.05, 0.1) is 6.04 Å². The summed E-state index contributed by atoms with van der Waals surface area (Å²) in [5.41, 5.74) is 5.05. The number of rotatable bonds is 1. The number of nitrogens with zero attached hydrogens (tertiary/aromatic N) is 1. The van der Waals surface area contributed by atoms with Gasteiger partial charge in [-0.05, 0) is 69.1 Å². The lowest BCUT2D eigenvalue weighted by Crippen LogP contribution is -2.61. The third kappa shape index (κ3) is 8.15. The van der Waals surface area contributed by atoms with Crippen molar-refractivity contribution in [1.82, 2.24) is 21.1 Å². The molecular formula is C28H40N4O5. The van der Waals surface area contributed by atoms with Crippen LogP contribution in [0.15, 0.2) is 30.3 Å². The fourth-order valence-electron chi connectivity index (χ4n) is 4.50. The molecular weight excluding hydrogens is 472 g/mol. The summed E-state index contributed by atoms with van der Waals surface area (Å²) < 4.78 is 5.49. The highest BCUT2D eigenvalue weighted by molar-refractivity contribution is 5.90. The lowest BCUT2D eigenvalue weighted by Gasteiger charge is -2.35. The van der Waals surface area contributed by atoms with Crippen molar-refractivity contribution in [3.8, 4) is 0 Å². The van der Waals surface area contributed by atoms with E-state index in [1.54, 1.807) is 20.8 Å². The van der Waals surface area contributed by atoms with E-state index < -0.39 is 30.1 Å². The summed E-state index contributed by atoms with van der Waals surface area (Å²) in [5.74, 6) is -1.72. The lowest BCUT2D eigenvalue weighted by atomic mass is 10.0. The smallest absolute Gasteiger partial charge is 0.306 e. The SMILES string of the molecule is CC(C)[C@@H]1OC(=O)CCCC/C=C/c2cccc(c2)[C@@H](C)NC(=O)[C@@H]2CCCN(N2)C(=O)[C@H](C)NC1=O. The number of benzene rings is 1. The van der Waals surface area contributed by atoms with Crippen LogP contribution in [0.2, 0.25) is 0 Å². The van der Waals surface area contributed by atoms with Gasteiger partial charge in [-0.25, -0.2) is 5.43 Å². The number of ether oxygens (including phenoxy) is 1. The molecule has 1 saturated heterocycles. The van der Waals surface area contributed by atoms with Crippen LogP contribution in [-0.2, 0) is 23.9 Å². The first-order valence-corrected chi connectivity index (χ1v) is 13.3. The number of hydrogen-bond donors (Lipinski definition) is 3. The van der Waals surface area contributed by atoms with Crippen molar-refractivity contribution < 1.29 is 23.9 Å². The minimum Gasteiger partial charge on any atom is -0.452 e. The molecule has 202 valence electrons. The third-order valence-electron chi connectivity index (χ3n) is 6.70. The van der Waals surface area contributed by atoms with Gasteiger partial charge in [-0.3, -0.25) is 24.2 Å². The summed E-state index contributed by atoms with van der Waals surface area (Å²) in [7, 11) is 0. The summed E-state index contributed by atoms with van der Waals surface area (Å²) in [6, 6.07) is 6.38. The average molecular weight is 513 g/mol. The maximum absolute atomic E-state index is 13.1. The van der Waals surface area contributed by atoms with Crippen LogP contribution in [0, 0.1) is 5.92 Å². The van der Waals surface area contributed by atoms with Crippen molar-refractivity contribution in [3.05, 3.63) is 41.5 Å². The van der Waals surface area contributed by atoms with E-state index in [1.807, 2.05) is 37.3 Å². The monoisotopic (exact) mass is 512 g/mol. The van der Waals surface area contributed by atoms with Crippen molar-refractivity contribution >= 4 is 29.8 Å². The minimum absolute atomic E-state index is 0.184. The number of carbonyl (C=O) groups excluding carboxylic acids is 4. The van der Waals surface area contributed by atoms with Gasteiger partial charge in [0, 0.05) is 13.0 Å². The van der Waals surface area contributed by atoms with Gasteiger partial charge < -0.3 is 15.4 Å². The predicted octanol–water partition coefficient (Wildman–Crippen LogP) is 3.02. The molecule has 1 aromatic carbocycles. The number of amides is 3. The predicted molar refractivity (Wildman–Crippen MR) is 141 cm³/mol. The number of fused-ring (bicyclic) bond motifs is 4. The van der Waals surface area contributed by atoms with Gasteiger partial charge in [-0.2, -0.15) is 0 Å². The second kappa shape index (κ2) is 13.4. The van der Waals surface area contributed by atoms with Crippen molar-refractivity contribution in [2.45, 2.75) is 90.4 Å². The fraction of sp³-hybridized carbons (Fsp3) is 0.571. The first kappa shape index (κ1) is 28.4. The maximum atomic E-state index is 13.1. The largest absolute Gasteiger partial charge is 0.452 e. The Labute approximate surface area is 219 Å². The van der Waals surface area contributed by atoms with Gasteiger partial charge in [0.2, 0.25) is 5.91 Å². The highest BCUT2D eigenvalue weighted by Gasteiger charge is 2.33. The standard InChI is InChI=1S/C28H40N4O5/c1-18(2)25-27(35)30-20(4)28(36)32-16-10-14-23(31-32)26(34)29-19(3)22-13-9-12-21(17-22)11-7-5-6-8-15-24(33)37-25/h7,9,11-13,17-20,23,25,31H,5-6,8,10,14-16H2,1-4H3,(H,29,34)(H,30,35)/b11-7+/t19-,20+,23+,25+/m1/s1. The first-order valence-electron chi connectivity index (χ1n) is 13.3. The molecule has 0 aliphatic carbocycles. The number of esters is 1. The Balaban J connectivity index is 1.79. The minimum atomic E-state index is -0.984. The Morgan fingerprint density at radius 1 is 0.973 bits per heavy atom. The Morgan fingerprint density at radius 3 is 2.49 bits per heavy atom. The molecule has 0 spiro atoms. The Hall–Kier alpha value is -3.20. The van der Waals surface area contributed by atoms with E-state index in [1.165, 1.54) is 5.01 Å². The molecule has 1 fully saturated rings. The zero-order valence-corrected chi connectivity index (χ0v) is 22.3. The second-order valence-corrected chi connectivity index (χ2v) is 10.2. The van der Waals surface area contributed by atoms with Crippen LogP contribution in [0.25, 0.3) is 6.08 Å². The Bertz CT molecular complexity index is 1010.